The van der Waals surface area contributed by atoms with Crippen LogP contribution in [0.2, 0.25) is 0 Å². The summed E-state index contributed by atoms with van der Waals surface area (Å²) in [6, 6.07) is 5.34. The summed E-state index contributed by atoms with van der Waals surface area (Å²) >= 11 is 0. The minimum Gasteiger partial charge on any atom is -0.293 e. The van der Waals surface area contributed by atoms with Crippen LogP contribution in [-0.2, 0) is 14.6 Å². The third kappa shape index (κ3) is 5.44. The van der Waals surface area contributed by atoms with Gasteiger partial charge in [-0.25, -0.2) is 8.42 Å². The molecule has 9 heteroatoms. The molecule has 2 aromatic rings. The van der Waals surface area contributed by atoms with Crippen molar-refractivity contribution in [3.05, 3.63) is 24.4 Å². The summed E-state index contributed by atoms with van der Waals surface area (Å²) < 4.78 is 23.5. The number of carbonyl (C=O) groups is 1. The Kier molecular flexibility index (Phi) is 5.43. The van der Waals surface area contributed by atoms with Gasteiger partial charge in [-0.05, 0) is 18.1 Å². The highest BCUT2D eigenvalue weighted by Gasteiger charge is 2.16. The molecule has 1 amide bonds. The summed E-state index contributed by atoms with van der Waals surface area (Å²) in [7, 11) is -3.23. The summed E-state index contributed by atoms with van der Waals surface area (Å²) in [6.45, 7) is 3.65. The van der Waals surface area contributed by atoms with E-state index in [1.165, 1.54) is 0 Å². The molecule has 0 fully saturated rings. The van der Waals surface area contributed by atoms with Gasteiger partial charge in [0.25, 0.3) is 0 Å². The molecule has 124 valence electrons. The van der Waals surface area contributed by atoms with Crippen molar-refractivity contribution in [3.8, 4) is 11.5 Å². The molecule has 0 aliphatic carbocycles. The van der Waals surface area contributed by atoms with Crippen LogP contribution in [0.5, 0.6) is 0 Å². The van der Waals surface area contributed by atoms with Crippen molar-refractivity contribution in [2.24, 2.45) is 5.92 Å². The zero-order valence-electron chi connectivity index (χ0n) is 13.0. The maximum absolute atomic E-state index is 11.8. The van der Waals surface area contributed by atoms with Gasteiger partial charge in [-0.3, -0.25) is 20.2 Å². The Morgan fingerprint density at radius 2 is 2.13 bits per heavy atom. The van der Waals surface area contributed by atoms with Crippen LogP contribution in [0.4, 0.5) is 5.95 Å². The molecule has 0 atom stereocenters. The predicted molar refractivity (Wildman–Crippen MR) is 86.4 cm³/mol. The Bertz CT molecular complexity index is 756. The lowest BCUT2D eigenvalue weighted by molar-refractivity contribution is -0.115. The van der Waals surface area contributed by atoms with E-state index in [2.05, 4.69) is 25.5 Å². The molecule has 23 heavy (non-hydrogen) atoms. The average Bonchev–Trinajstić information content (AvgIpc) is 2.93. The monoisotopic (exact) mass is 337 g/mol. The lowest BCUT2D eigenvalue weighted by Crippen LogP contribution is -2.21. The highest BCUT2D eigenvalue weighted by atomic mass is 32.2. The fourth-order valence-electron chi connectivity index (χ4n) is 1.96. The van der Waals surface area contributed by atoms with Crippen molar-refractivity contribution in [1.29, 1.82) is 0 Å². The van der Waals surface area contributed by atoms with Gasteiger partial charge in [0, 0.05) is 12.6 Å². The zero-order chi connectivity index (χ0) is 16.9. The van der Waals surface area contributed by atoms with E-state index >= 15 is 0 Å². The number of hydrogen-bond acceptors (Lipinski definition) is 6. The minimum absolute atomic E-state index is 0.0389. The molecule has 0 unspecified atom stereocenters. The Morgan fingerprint density at radius 1 is 1.35 bits per heavy atom. The van der Waals surface area contributed by atoms with Crippen molar-refractivity contribution in [3.63, 3.8) is 0 Å². The molecule has 0 aliphatic rings. The van der Waals surface area contributed by atoms with Crippen LogP contribution < -0.4 is 5.32 Å². The van der Waals surface area contributed by atoms with Gasteiger partial charge >= 0.3 is 0 Å². The number of nitrogens with zero attached hydrogens (tertiary/aromatic N) is 3. The smallest absolute Gasteiger partial charge is 0.249 e. The fourth-order valence-corrected chi connectivity index (χ4v) is 3.64. The summed E-state index contributed by atoms with van der Waals surface area (Å²) in [4.78, 5) is 20.0. The van der Waals surface area contributed by atoms with E-state index in [0.29, 0.717) is 11.5 Å². The van der Waals surface area contributed by atoms with Gasteiger partial charge < -0.3 is 0 Å². The zero-order valence-corrected chi connectivity index (χ0v) is 13.8. The number of carbonyl (C=O) groups excluding carboxylic acids is 1. The SMILES string of the molecule is CC(C)CS(=O)(=O)CCC(=O)Nc1n[nH]c(-c2ccccn2)n1. The Morgan fingerprint density at radius 3 is 2.78 bits per heavy atom. The Labute approximate surface area is 134 Å². The second-order valence-electron chi connectivity index (χ2n) is 5.53. The molecule has 2 heterocycles. The molecular formula is C14H19N5O3S. The van der Waals surface area contributed by atoms with Gasteiger partial charge in [0.15, 0.2) is 15.7 Å². The first-order valence-corrected chi connectivity index (χ1v) is 9.02. The van der Waals surface area contributed by atoms with Gasteiger partial charge in [0.1, 0.15) is 5.69 Å². The molecule has 2 rings (SSSR count). The van der Waals surface area contributed by atoms with Crippen LogP contribution in [0, 0.1) is 5.92 Å². The normalized spacial score (nSPS) is 11.6. The summed E-state index contributed by atoms with van der Waals surface area (Å²) in [6.07, 6.45) is 1.50. The van der Waals surface area contributed by atoms with Gasteiger partial charge in [-0.2, -0.15) is 4.98 Å². The number of hydrogen-bond donors (Lipinski definition) is 2. The van der Waals surface area contributed by atoms with Gasteiger partial charge in [-0.15, -0.1) is 5.10 Å². The first-order chi connectivity index (χ1) is 10.9. The third-order valence-electron chi connectivity index (χ3n) is 2.87. The van der Waals surface area contributed by atoms with Crippen molar-refractivity contribution in [2.45, 2.75) is 20.3 Å². The molecule has 0 aromatic carbocycles. The summed E-state index contributed by atoms with van der Waals surface area (Å²) in [5, 5.41) is 9.01. The molecule has 0 spiro atoms. The van der Waals surface area contributed by atoms with Crippen LogP contribution in [0.3, 0.4) is 0 Å². The number of nitrogens with one attached hydrogen (secondary N) is 2. The van der Waals surface area contributed by atoms with Crippen LogP contribution in [0.15, 0.2) is 24.4 Å². The van der Waals surface area contributed by atoms with Crippen LogP contribution in [-0.4, -0.2) is 46.0 Å². The van der Waals surface area contributed by atoms with E-state index in [1.807, 2.05) is 19.9 Å². The molecule has 0 aliphatic heterocycles. The lowest BCUT2D eigenvalue weighted by atomic mass is 10.3. The number of rotatable bonds is 7. The van der Waals surface area contributed by atoms with E-state index in [4.69, 9.17) is 0 Å². The number of anilines is 1. The van der Waals surface area contributed by atoms with E-state index < -0.39 is 15.7 Å². The number of pyridine rings is 1. The van der Waals surface area contributed by atoms with E-state index in [9.17, 15) is 13.2 Å². The average molecular weight is 337 g/mol. The predicted octanol–water partition coefficient (Wildman–Crippen LogP) is 1.27. The van der Waals surface area contributed by atoms with Gasteiger partial charge in [0.05, 0.1) is 11.5 Å². The first-order valence-electron chi connectivity index (χ1n) is 7.20. The highest BCUT2D eigenvalue weighted by molar-refractivity contribution is 7.91. The molecule has 0 saturated heterocycles. The maximum atomic E-state index is 11.8. The molecule has 8 nitrogen and oxygen atoms in total. The highest BCUT2D eigenvalue weighted by Crippen LogP contribution is 2.12. The summed E-state index contributed by atoms with van der Waals surface area (Å²) in [5.74, 6) is 0.00499. The Hall–Kier alpha value is -2.29. The number of H-pyrrole nitrogens is 1. The number of aromatic nitrogens is 4. The molecule has 2 N–H and O–H groups in total. The van der Waals surface area contributed by atoms with Crippen molar-refractivity contribution < 1.29 is 13.2 Å². The topological polar surface area (TPSA) is 118 Å². The largest absolute Gasteiger partial charge is 0.293 e. The third-order valence-corrected chi connectivity index (χ3v) is 4.87. The van der Waals surface area contributed by atoms with Crippen LogP contribution >= 0.6 is 0 Å². The standard InChI is InChI=1S/C14H19N5O3S/c1-10(2)9-23(21,22)8-6-12(20)16-14-17-13(18-19-14)11-5-3-4-7-15-11/h3-5,7,10H,6,8-9H2,1-2H3,(H2,16,17,18,19,20). The molecule has 0 saturated carbocycles. The second kappa shape index (κ2) is 7.32. The van der Waals surface area contributed by atoms with Gasteiger partial charge in [0.2, 0.25) is 11.9 Å². The molecule has 0 radical (unpaired) electrons. The quantitative estimate of drug-likeness (QED) is 0.785. The van der Waals surface area contributed by atoms with E-state index in [1.54, 1.807) is 18.3 Å². The van der Waals surface area contributed by atoms with Crippen LogP contribution in [0.25, 0.3) is 11.5 Å². The maximum Gasteiger partial charge on any atom is 0.249 e. The first kappa shape index (κ1) is 17.1. The Balaban J connectivity index is 1.90. The lowest BCUT2D eigenvalue weighted by Gasteiger charge is -2.06. The number of aromatic amines is 1. The molecular weight excluding hydrogens is 318 g/mol. The van der Waals surface area contributed by atoms with Gasteiger partial charge in [-0.1, -0.05) is 19.9 Å². The number of amides is 1. The van der Waals surface area contributed by atoms with Crippen LogP contribution in [0.1, 0.15) is 20.3 Å². The van der Waals surface area contributed by atoms with E-state index in [0.717, 1.165) is 0 Å². The minimum atomic E-state index is -3.23. The van der Waals surface area contributed by atoms with Crippen molar-refractivity contribution in [2.75, 3.05) is 16.8 Å². The molecule has 0 bridgehead atoms. The number of sulfone groups is 1. The second-order valence-corrected chi connectivity index (χ2v) is 7.76. The summed E-state index contributed by atoms with van der Waals surface area (Å²) in [5.41, 5.74) is 0.597. The van der Waals surface area contributed by atoms with E-state index in [-0.39, 0.29) is 29.8 Å². The fraction of sp³-hybridized carbons (Fsp3) is 0.429. The van der Waals surface area contributed by atoms with Crippen molar-refractivity contribution in [1.82, 2.24) is 20.2 Å². The molecule has 2 aromatic heterocycles. The van der Waals surface area contributed by atoms with Crippen molar-refractivity contribution >= 4 is 21.7 Å².